The average Bonchev–Trinajstić information content (AvgIpc) is 3.18. The first-order chi connectivity index (χ1) is 18.9. The Morgan fingerprint density at radius 1 is 1.30 bits per heavy atom. The molecule has 11 heteroatoms. The highest BCUT2D eigenvalue weighted by molar-refractivity contribution is 7.90. The minimum absolute atomic E-state index is 0.0916. The topological polar surface area (TPSA) is 102 Å². The fourth-order valence-corrected chi connectivity index (χ4v) is 6.54. The van der Waals surface area contributed by atoms with Crippen molar-refractivity contribution in [1.29, 1.82) is 0 Å². The summed E-state index contributed by atoms with van der Waals surface area (Å²) in [6, 6.07) is 3.81. The van der Waals surface area contributed by atoms with Crippen LogP contribution >= 0.6 is 0 Å². The number of nitrogens with one attached hydrogen (secondary N) is 1. The van der Waals surface area contributed by atoms with Gasteiger partial charge in [-0.3, -0.25) is 4.99 Å². The van der Waals surface area contributed by atoms with Gasteiger partial charge in [0.05, 0.1) is 28.4 Å². The molecular formula is C29H34FN4O5S+. The number of halogens is 1. The number of hydrogen-bond acceptors (Lipinski definition) is 7. The Morgan fingerprint density at radius 2 is 2.08 bits per heavy atom. The zero-order valence-corrected chi connectivity index (χ0v) is 23.7. The molecular weight excluding hydrogens is 535 g/mol. The molecule has 3 atom stereocenters. The van der Waals surface area contributed by atoms with Crippen LogP contribution in [0, 0.1) is 18.3 Å². The van der Waals surface area contributed by atoms with E-state index in [-0.39, 0.29) is 35.0 Å². The molecule has 212 valence electrons. The molecule has 2 bridgehead atoms. The van der Waals surface area contributed by atoms with Crippen molar-refractivity contribution >= 4 is 27.3 Å². The number of amides is 1. The number of allylic oxidation sites excluding steroid dienone is 2. The Morgan fingerprint density at radius 3 is 2.70 bits per heavy atom. The summed E-state index contributed by atoms with van der Waals surface area (Å²) >= 11 is 0. The standard InChI is InChI=1S/C29H33FN4O5S/c1-28(10-5-11-28)39-27(35)33-29-12-8-19(16-29)14-20(17-29)38-26(32-3)22-9-13-34(18-24(22)31-2)25-7-6-21(15-23(25)30)40(4,36)37/h3,6-9,12-13,15,19-20H,5,10-11,14,16-18H2,1-2,4H3/p+1. The van der Waals surface area contributed by atoms with E-state index in [0.717, 1.165) is 44.4 Å². The van der Waals surface area contributed by atoms with Crippen LogP contribution in [0.15, 0.2) is 64.0 Å². The number of hydrogen-bond donors (Lipinski definition) is 1. The highest BCUT2D eigenvalue weighted by Crippen LogP contribution is 2.43. The van der Waals surface area contributed by atoms with Crippen molar-refractivity contribution in [3.63, 3.8) is 0 Å². The van der Waals surface area contributed by atoms with Crippen LogP contribution in [0.1, 0.15) is 45.4 Å². The van der Waals surface area contributed by atoms with Crippen molar-refractivity contribution in [1.82, 2.24) is 5.32 Å². The number of aliphatic imine (C=N–C) groups is 1. The van der Waals surface area contributed by atoms with Gasteiger partial charge in [-0.1, -0.05) is 12.2 Å². The Balaban J connectivity index is 1.32. The molecule has 0 saturated heterocycles. The molecule has 1 heterocycles. The number of alkyl carbamates (subject to hydrolysis) is 1. The Labute approximate surface area is 234 Å². The molecule has 1 amide bonds. The van der Waals surface area contributed by atoms with Crippen LogP contribution in [0.25, 0.3) is 4.85 Å². The molecule has 1 aromatic carbocycles. The van der Waals surface area contributed by atoms with E-state index in [1.54, 1.807) is 24.2 Å². The Bertz CT molecular complexity index is 1490. The predicted octanol–water partition coefficient (Wildman–Crippen LogP) is 4.97. The molecule has 40 heavy (non-hydrogen) atoms. The van der Waals surface area contributed by atoms with Crippen LogP contribution in [0.5, 0.6) is 0 Å². The Kier molecular flexibility index (Phi) is 7.25. The van der Waals surface area contributed by atoms with Crippen molar-refractivity contribution in [2.24, 2.45) is 10.9 Å². The highest BCUT2D eigenvalue weighted by Gasteiger charge is 2.47. The van der Waals surface area contributed by atoms with E-state index >= 15 is 0 Å². The van der Waals surface area contributed by atoms with Crippen molar-refractivity contribution in [3.05, 3.63) is 64.7 Å². The first-order valence-electron chi connectivity index (χ1n) is 13.4. The lowest BCUT2D eigenvalue weighted by Crippen LogP contribution is -2.53. The maximum atomic E-state index is 14.8. The summed E-state index contributed by atoms with van der Waals surface area (Å²) in [7, 11) is -1.92. The third kappa shape index (κ3) is 5.63. The van der Waals surface area contributed by atoms with Crippen LogP contribution < -0.4 is 10.2 Å². The molecule has 9 nitrogen and oxygen atoms in total. The maximum absolute atomic E-state index is 14.8. The van der Waals surface area contributed by atoms with Crippen molar-refractivity contribution in [3.8, 4) is 6.57 Å². The third-order valence-electron chi connectivity index (χ3n) is 8.18. The van der Waals surface area contributed by atoms with Crippen LogP contribution in [0.2, 0.25) is 0 Å². The normalized spacial score (nSPS) is 29.0. The second-order valence-corrected chi connectivity index (χ2v) is 13.3. The number of nitrogens with zero attached hydrogens (tertiary/aromatic N) is 3. The van der Waals surface area contributed by atoms with Gasteiger partial charge in [0.25, 0.3) is 6.57 Å². The largest absolute Gasteiger partial charge is 0.509 e. The summed E-state index contributed by atoms with van der Waals surface area (Å²) in [6.45, 7) is 7.93. The van der Waals surface area contributed by atoms with Gasteiger partial charge >= 0.3 is 12.0 Å². The molecule has 4 aliphatic rings. The summed E-state index contributed by atoms with van der Waals surface area (Å²) in [5, 5.41) is 3.09. The van der Waals surface area contributed by atoms with Crippen molar-refractivity contribution in [2.45, 2.75) is 67.6 Å². The molecule has 1 aliphatic heterocycles. The number of benzene rings is 1. The smallest absolute Gasteiger partial charge is 0.443 e. The summed E-state index contributed by atoms with van der Waals surface area (Å²) in [5.41, 5.74) is 0.395. The van der Waals surface area contributed by atoms with E-state index in [4.69, 9.17) is 16.0 Å². The van der Waals surface area contributed by atoms with Gasteiger partial charge in [0.2, 0.25) is 0 Å². The lowest BCUT2D eigenvalue weighted by molar-refractivity contribution is -0.0373. The molecule has 3 unspecified atom stereocenters. The number of carbonyl (C=O) groups excluding carboxylic acids is 1. The number of anilines is 1. The van der Waals surface area contributed by atoms with Gasteiger partial charge in [0.1, 0.15) is 23.1 Å². The van der Waals surface area contributed by atoms with E-state index in [0.29, 0.717) is 17.7 Å². The van der Waals surface area contributed by atoms with Gasteiger partial charge in [0, 0.05) is 30.8 Å². The van der Waals surface area contributed by atoms with Crippen molar-refractivity contribution in [2.75, 3.05) is 24.7 Å². The van der Waals surface area contributed by atoms with Gasteiger partial charge in [-0.2, -0.15) is 0 Å². The Hall–Kier alpha value is -3.65. The van der Waals surface area contributed by atoms with Gasteiger partial charge in [-0.25, -0.2) is 17.6 Å². The summed E-state index contributed by atoms with van der Waals surface area (Å²) in [5.74, 6) is -0.226. The van der Waals surface area contributed by atoms with E-state index in [1.807, 2.05) is 13.0 Å². The maximum Gasteiger partial charge on any atom is 0.509 e. The first-order valence-corrected chi connectivity index (χ1v) is 15.2. The van der Waals surface area contributed by atoms with Gasteiger partial charge < -0.3 is 19.7 Å². The highest BCUT2D eigenvalue weighted by atomic mass is 32.2. The second-order valence-electron chi connectivity index (χ2n) is 11.3. The number of ether oxygens (including phenoxy) is 2. The molecule has 5 rings (SSSR count). The molecule has 3 aliphatic carbocycles. The molecule has 0 spiro atoms. The lowest BCUT2D eigenvalue weighted by atomic mass is 9.80. The van der Waals surface area contributed by atoms with Gasteiger partial charge in [-0.05, 0) is 69.2 Å². The molecule has 0 aromatic heterocycles. The minimum atomic E-state index is -3.53. The average molecular weight is 570 g/mol. The number of fused-ring (bicyclic) bond motifs is 2. The number of carbonyl (C=O) groups is 1. The van der Waals surface area contributed by atoms with Crippen LogP contribution in [0.4, 0.5) is 14.9 Å². The zero-order chi connectivity index (χ0) is 28.7. The lowest BCUT2D eigenvalue weighted by Gasteiger charge is -2.41. The van der Waals surface area contributed by atoms with Gasteiger partial charge in [-0.15, -0.1) is 0 Å². The molecule has 0 radical (unpaired) electrons. The third-order valence-corrected chi connectivity index (χ3v) is 9.29. The zero-order valence-electron chi connectivity index (χ0n) is 22.9. The second kappa shape index (κ2) is 10.4. The molecule has 1 aromatic rings. The number of sulfone groups is 1. The van der Waals surface area contributed by atoms with Crippen molar-refractivity contribution < 1.29 is 27.1 Å². The molecule has 1 N–H and O–H groups in total. The van der Waals surface area contributed by atoms with Crippen LogP contribution in [-0.2, 0) is 19.3 Å². The monoisotopic (exact) mass is 569 g/mol. The molecule has 2 saturated carbocycles. The van der Waals surface area contributed by atoms with E-state index < -0.39 is 32.9 Å². The predicted molar refractivity (Wildman–Crippen MR) is 151 cm³/mol. The van der Waals surface area contributed by atoms with E-state index in [9.17, 15) is 17.6 Å². The summed E-state index contributed by atoms with van der Waals surface area (Å²) in [4.78, 5) is 22.5. The van der Waals surface area contributed by atoms with Crippen LogP contribution in [0.3, 0.4) is 0 Å². The fourth-order valence-electron chi connectivity index (χ4n) is 5.91. The van der Waals surface area contributed by atoms with E-state index in [2.05, 4.69) is 21.2 Å². The molecule has 2 fully saturated rings. The van der Waals surface area contributed by atoms with E-state index in [1.165, 1.54) is 12.1 Å². The minimum Gasteiger partial charge on any atom is -0.443 e. The van der Waals surface area contributed by atoms with Crippen LogP contribution in [-0.4, -0.2) is 57.3 Å². The SMILES string of the molecule is C#[N+]C(OC1CC2C=CC(NC(=O)OC3(C)CCC3)(C2)C1)=C1C=CN(c2ccc(S(C)(=O)=O)cc2F)CC1=NC. The summed E-state index contributed by atoms with van der Waals surface area (Å²) in [6.07, 6.45) is 12.7. The van der Waals surface area contributed by atoms with Gasteiger partial charge in [0.15, 0.2) is 9.84 Å². The number of rotatable bonds is 6. The first kappa shape index (κ1) is 27.9. The fraction of sp³-hybridized carbons (Fsp3) is 0.483. The summed E-state index contributed by atoms with van der Waals surface area (Å²) < 4.78 is 50.4. The quantitative estimate of drug-likeness (QED) is 0.384.